The molecule has 0 aromatic carbocycles. The second-order valence-corrected chi connectivity index (χ2v) is 6.21. The topological polar surface area (TPSA) is 72.9 Å². The minimum atomic E-state index is -0.871. The number of amides is 2. The highest BCUT2D eigenvalue weighted by Gasteiger charge is 2.25. The zero-order valence-electron chi connectivity index (χ0n) is 13.6. The summed E-state index contributed by atoms with van der Waals surface area (Å²) >= 11 is 0. The first-order valence-electron chi connectivity index (χ1n) is 7.84. The van der Waals surface area contributed by atoms with Crippen molar-refractivity contribution in [3.63, 3.8) is 0 Å². The van der Waals surface area contributed by atoms with Crippen LogP contribution >= 0.6 is 0 Å². The number of likely N-dealkylation sites (tertiary alicyclic amines) is 1. The molecule has 21 heavy (non-hydrogen) atoms. The molecule has 1 aliphatic rings. The van der Waals surface area contributed by atoms with Crippen molar-refractivity contribution in [1.29, 1.82) is 0 Å². The molecular formula is C15H29N3O3. The molecule has 2 atom stereocenters. The van der Waals surface area contributed by atoms with E-state index in [2.05, 4.69) is 24.1 Å². The number of hydrogen-bond donors (Lipinski definition) is 2. The molecule has 1 fully saturated rings. The number of rotatable bonds is 7. The Morgan fingerprint density at radius 2 is 2.05 bits per heavy atom. The minimum Gasteiger partial charge on any atom is -0.481 e. The maximum atomic E-state index is 12.1. The smallest absolute Gasteiger partial charge is 0.317 e. The van der Waals surface area contributed by atoms with Crippen molar-refractivity contribution in [3.05, 3.63) is 0 Å². The first-order chi connectivity index (χ1) is 9.85. The number of hydrogen-bond acceptors (Lipinski definition) is 3. The van der Waals surface area contributed by atoms with Crippen molar-refractivity contribution in [1.82, 2.24) is 15.1 Å². The highest BCUT2D eigenvalue weighted by atomic mass is 16.4. The summed E-state index contributed by atoms with van der Waals surface area (Å²) in [6.45, 7) is 11.4. The zero-order valence-corrected chi connectivity index (χ0v) is 13.6. The standard InChI is InChI=1S/C15H29N3O3/c1-5-17(9-12(4)14(19)20)15(21)16-8-13-6-7-18(10-13)11(2)3/h11-13H,5-10H2,1-4H3,(H,16,21)(H,19,20). The molecule has 0 aliphatic carbocycles. The lowest BCUT2D eigenvalue weighted by atomic mass is 10.1. The Hall–Kier alpha value is -1.30. The molecule has 2 unspecified atom stereocenters. The highest BCUT2D eigenvalue weighted by Crippen LogP contribution is 2.17. The van der Waals surface area contributed by atoms with Crippen LogP contribution in [0.4, 0.5) is 4.79 Å². The average Bonchev–Trinajstić information content (AvgIpc) is 2.90. The number of carbonyl (C=O) groups excluding carboxylic acids is 1. The van der Waals surface area contributed by atoms with E-state index in [1.807, 2.05) is 6.92 Å². The lowest BCUT2D eigenvalue weighted by molar-refractivity contribution is -0.141. The van der Waals surface area contributed by atoms with Crippen LogP contribution in [-0.4, -0.2) is 65.7 Å². The fourth-order valence-corrected chi connectivity index (χ4v) is 2.61. The zero-order chi connectivity index (χ0) is 16.0. The van der Waals surface area contributed by atoms with Gasteiger partial charge in [-0.05, 0) is 39.7 Å². The molecule has 1 heterocycles. The van der Waals surface area contributed by atoms with E-state index in [1.165, 1.54) is 0 Å². The van der Waals surface area contributed by atoms with Crippen LogP contribution < -0.4 is 5.32 Å². The molecule has 6 nitrogen and oxygen atoms in total. The quantitative estimate of drug-likeness (QED) is 0.746. The van der Waals surface area contributed by atoms with Gasteiger partial charge in [0, 0.05) is 32.2 Å². The van der Waals surface area contributed by atoms with Gasteiger partial charge in [-0.2, -0.15) is 0 Å². The lowest BCUT2D eigenvalue weighted by Gasteiger charge is -2.24. The molecule has 1 rings (SSSR count). The Bertz CT molecular complexity index is 360. The Kier molecular flexibility index (Phi) is 6.95. The maximum Gasteiger partial charge on any atom is 0.317 e. The molecule has 2 amide bonds. The molecule has 0 radical (unpaired) electrons. The normalized spacial score (nSPS) is 20.5. The van der Waals surface area contributed by atoms with Crippen LogP contribution in [0.1, 0.15) is 34.1 Å². The molecule has 2 N–H and O–H groups in total. The first kappa shape index (κ1) is 17.8. The van der Waals surface area contributed by atoms with Crippen LogP contribution in [0.15, 0.2) is 0 Å². The van der Waals surface area contributed by atoms with E-state index in [-0.39, 0.29) is 12.6 Å². The molecule has 122 valence electrons. The summed E-state index contributed by atoms with van der Waals surface area (Å²) in [6, 6.07) is 0.392. The average molecular weight is 299 g/mol. The van der Waals surface area contributed by atoms with E-state index in [1.54, 1.807) is 11.8 Å². The van der Waals surface area contributed by atoms with Crippen LogP contribution in [0.2, 0.25) is 0 Å². The Morgan fingerprint density at radius 3 is 2.52 bits per heavy atom. The van der Waals surface area contributed by atoms with E-state index in [4.69, 9.17) is 5.11 Å². The van der Waals surface area contributed by atoms with Gasteiger partial charge >= 0.3 is 12.0 Å². The first-order valence-corrected chi connectivity index (χ1v) is 7.84. The molecule has 0 aromatic heterocycles. The molecular weight excluding hydrogens is 270 g/mol. The van der Waals surface area contributed by atoms with Crippen molar-refractivity contribution in [2.45, 2.75) is 40.2 Å². The van der Waals surface area contributed by atoms with Gasteiger partial charge in [0.2, 0.25) is 0 Å². The summed E-state index contributed by atoms with van der Waals surface area (Å²) in [5, 5.41) is 11.9. The number of carboxylic acid groups (broad SMARTS) is 1. The highest BCUT2D eigenvalue weighted by molar-refractivity contribution is 5.75. The van der Waals surface area contributed by atoms with Gasteiger partial charge in [0.25, 0.3) is 0 Å². The number of urea groups is 1. The van der Waals surface area contributed by atoms with E-state index < -0.39 is 11.9 Å². The van der Waals surface area contributed by atoms with Gasteiger partial charge in [-0.15, -0.1) is 0 Å². The van der Waals surface area contributed by atoms with Crippen LogP contribution in [0, 0.1) is 11.8 Å². The van der Waals surface area contributed by atoms with Gasteiger partial charge in [0.15, 0.2) is 0 Å². The fourth-order valence-electron chi connectivity index (χ4n) is 2.61. The summed E-state index contributed by atoms with van der Waals surface area (Å²) in [7, 11) is 0. The second-order valence-electron chi connectivity index (χ2n) is 6.21. The van der Waals surface area contributed by atoms with Gasteiger partial charge in [0.1, 0.15) is 0 Å². The van der Waals surface area contributed by atoms with Gasteiger partial charge in [-0.3, -0.25) is 4.79 Å². The Labute approximate surface area is 127 Å². The summed E-state index contributed by atoms with van der Waals surface area (Å²) < 4.78 is 0. The monoisotopic (exact) mass is 299 g/mol. The van der Waals surface area contributed by atoms with E-state index in [9.17, 15) is 9.59 Å². The largest absolute Gasteiger partial charge is 0.481 e. The molecule has 1 aliphatic heterocycles. The lowest BCUT2D eigenvalue weighted by Crippen LogP contribution is -2.44. The van der Waals surface area contributed by atoms with Gasteiger partial charge < -0.3 is 20.2 Å². The third kappa shape index (κ3) is 5.53. The van der Waals surface area contributed by atoms with Crippen LogP contribution in [0.5, 0.6) is 0 Å². The van der Waals surface area contributed by atoms with Crippen LogP contribution in [0.25, 0.3) is 0 Å². The van der Waals surface area contributed by atoms with Gasteiger partial charge in [-0.25, -0.2) is 4.79 Å². The molecule has 1 saturated heterocycles. The van der Waals surface area contributed by atoms with Crippen molar-refractivity contribution in [3.8, 4) is 0 Å². The second kappa shape index (κ2) is 8.22. The van der Waals surface area contributed by atoms with Gasteiger partial charge in [-0.1, -0.05) is 6.92 Å². The van der Waals surface area contributed by atoms with Crippen LogP contribution in [0.3, 0.4) is 0 Å². The Morgan fingerprint density at radius 1 is 1.38 bits per heavy atom. The van der Waals surface area contributed by atoms with Crippen molar-refractivity contribution in [2.75, 3.05) is 32.7 Å². The third-order valence-corrected chi connectivity index (χ3v) is 4.17. The third-order valence-electron chi connectivity index (χ3n) is 4.17. The number of aliphatic carboxylic acids is 1. The van der Waals surface area contributed by atoms with Crippen LogP contribution in [-0.2, 0) is 4.79 Å². The molecule has 0 aromatic rings. The van der Waals surface area contributed by atoms with Crippen molar-refractivity contribution in [2.24, 2.45) is 11.8 Å². The predicted octanol–water partition coefficient (Wildman–Crippen LogP) is 1.47. The molecule has 0 saturated carbocycles. The van der Waals surface area contributed by atoms with E-state index in [0.717, 1.165) is 19.5 Å². The fraction of sp³-hybridized carbons (Fsp3) is 0.867. The summed E-state index contributed by atoms with van der Waals surface area (Å²) in [5.74, 6) is -0.921. The van der Waals surface area contributed by atoms with E-state index >= 15 is 0 Å². The summed E-state index contributed by atoms with van der Waals surface area (Å²) in [4.78, 5) is 27.0. The minimum absolute atomic E-state index is 0.159. The number of carbonyl (C=O) groups is 2. The number of nitrogens with zero attached hydrogens (tertiary/aromatic N) is 2. The predicted molar refractivity (Wildman–Crippen MR) is 82.3 cm³/mol. The molecule has 0 spiro atoms. The number of carboxylic acids is 1. The van der Waals surface area contributed by atoms with Crippen molar-refractivity contribution < 1.29 is 14.7 Å². The molecule has 6 heteroatoms. The van der Waals surface area contributed by atoms with E-state index in [0.29, 0.717) is 25.0 Å². The maximum absolute atomic E-state index is 12.1. The van der Waals surface area contributed by atoms with Crippen molar-refractivity contribution >= 4 is 12.0 Å². The Balaban J connectivity index is 2.36. The molecule has 0 bridgehead atoms. The number of nitrogens with one attached hydrogen (secondary N) is 1. The summed E-state index contributed by atoms with van der Waals surface area (Å²) in [6.07, 6.45) is 1.11. The SMILES string of the molecule is CCN(CC(C)C(=O)O)C(=O)NCC1CCN(C(C)C)C1. The summed E-state index contributed by atoms with van der Waals surface area (Å²) in [5.41, 5.74) is 0. The van der Waals surface area contributed by atoms with Gasteiger partial charge in [0.05, 0.1) is 5.92 Å².